The first-order chi connectivity index (χ1) is 11.9. The minimum absolute atomic E-state index is 0.00777. The Bertz CT molecular complexity index is 924. The molecule has 0 atom stereocenters. The number of nitrogens with one attached hydrogen (secondary N) is 1. The van der Waals surface area contributed by atoms with Gasteiger partial charge < -0.3 is 10.4 Å². The van der Waals surface area contributed by atoms with Crippen molar-refractivity contribution < 1.29 is 19.6 Å². The third kappa shape index (κ3) is 3.15. The van der Waals surface area contributed by atoms with Crippen molar-refractivity contribution in [2.45, 2.75) is 0 Å². The van der Waals surface area contributed by atoms with Gasteiger partial charge >= 0.3 is 6.03 Å². The standard InChI is InChI=1S/C16H10ClN3O5/c17-10-1-3-11(4-2-10)19-15(22)13(18-16(19)23)8-9-7-12(21)5-6-14(9)20(24)25/h1-8,21H,(H,18,23)/b13-8+. The van der Waals surface area contributed by atoms with Gasteiger partial charge in [0.1, 0.15) is 11.4 Å². The molecule has 0 saturated carbocycles. The van der Waals surface area contributed by atoms with Crippen LogP contribution in [0.3, 0.4) is 0 Å². The number of urea groups is 1. The molecule has 9 heteroatoms. The van der Waals surface area contributed by atoms with Crippen LogP contribution in [0.2, 0.25) is 5.02 Å². The molecule has 1 aliphatic heterocycles. The van der Waals surface area contributed by atoms with Gasteiger partial charge in [0.05, 0.1) is 16.2 Å². The summed E-state index contributed by atoms with van der Waals surface area (Å²) in [6.45, 7) is 0. The number of aromatic hydroxyl groups is 1. The zero-order valence-electron chi connectivity index (χ0n) is 12.5. The lowest BCUT2D eigenvalue weighted by atomic mass is 10.1. The fourth-order valence-corrected chi connectivity index (χ4v) is 2.47. The van der Waals surface area contributed by atoms with Crippen molar-refractivity contribution in [2.75, 3.05) is 4.90 Å². The molecule has 2 N–H and O–H groups in total. The first kappa shape index (κ1) is 16.5. The van der Waals surface area contributed by atoms with Crippen molar-refractivity contribution in [1.29, 1.82) is 0 Å². The Labute approximate surface area is 146 Å². The SMILES string of the molecule is O=C1N/C(=C/c2cc(O)ccc2[N+](=O)[O-])C(=O)N1c1ccc(Cl)cc1. The second kappa shape index (κ2) is 6.25. The molecule has 2 aromatic rings. The summed E-state index contributed by atoms with van der Waals surface area (Å²) >= 11 is 5.79. The number of imide groups is 1. The number of carbonyl (C=O) groups excluding carboxylic acids is 2. The minimum Gasteiger partial charge on any atom is -0.508 e. The lowest BCUT2D eigenvalue weighted by Gasteiger charge is -2.11. The number of nitro benzene ring substituents is 1. The molecule has 3 amide bonds. The van der Waals surface area contributed by atoms with Crippen molar-refractivity contribution in [3.05, 3.63) is 68.9 Å². The molecule has 0 spiro atoms. The Morgan fingerprint density at radius 1 is 1.16 bits per heavy atom. The number of amides is 3. The van der Waals surface area contributed by atoms with Crippen LogP contribution in [0.4, 0.5) is 16.2 Å². The van der Waals surface area contributed by atoms with Crippen LogP contribution in [0.25, 0.3) is 6.08 Å². The zero-order valence-corrected chi connectivity index (χ0v) is 13.2. The maximum atomic E-state index is 12.5. The first-order valence-electron chi connectivity index (χ1n) is 6.97. The lowest BCUT2D eigenvalue weighted by Crippen LogP contribution is -2.30. The number of phenolic OH excluding ortho intramolecular Hbond substituents is 1. The molecule has 126 valence electrons. The van der Waals surface area contributed by atoms with Gasteiger partial charge in [0.2, 0.25) is 0 Å². The molecular weight excluding hydrogens is 350 g/mol. The van der Waals surface area contributed by atoms with E-state index in [1.165, 1.54) is 24.3 Å². The molecule has 3 rings (SSSR count). The number of hydrogen-bond acceptors (Lipinski definition) is 5. The van der Waals surface area contributed by atoms with E-state index in [0.717, 1.165) is 29.2 Å². The quantitative estimate of drug-likeness (QED) is 0.378. The van der Waals surface area contributed by atoms with E-state index >= 15 is 0 Å². The summed E-state index contributed by atoms with van der Waals surface area (Å²) in [4.78, 5) is 35.9. The predicted octanol–water partition coefficient (Wildman–Crippen LogP) is 3.05. The Hall–Kier alpha value is -3.39. The van der Waals surface area contributed by atoms with E-state index in [1.807, 2.05) is 0 Å². The molecule has 1 aliphatic rings. The van der Waals surface area contributed by atoms with E-state index in [2.05, 4.69) is 5.32 Å². The summed E-state index contributed by atoms with van der Waals surface area (Å²) in [6.07, 6.45) is 1.15. The van der Waals surface area contributed by atoms with Gasteiger partial charge in [-0.25, -0.2) is 9.69 Å². The maximum Gasteiger partial charge on any atom is 0.333 e. The van der Waals surface area contributed by atoms with E-state index in [1.54, 1.807) is 0 Å². The van der Waals surface area contributed by atoms with Crippen molar-refractivity contribution in [1.82, 2.24) is 5.32 Å². The van der Waals surface area contributed by atoms with Crippen LogP contribution in [-0.2, 0) is 4.79 Å². The number of hydrogen-bond donors (Lipinski definition) is 2. The molecule has 25 heavy (non-hydrogen) atoms. The summed E-state index contributed by atoms with van der Waals surface area (Å²) in [5.74, 6) is -0.881. The molecule has 1 heterocycles. The topological polar surface area (TPSA) is 113 Å². The molecule has 2 aromatic carbocycles. The highest BCUT2D eigenvalue weighted by Crippen LogP contribution is 2.28. The number of halogens is 1. The molecule has 0 unspecified atom stereocenters. The molecular formula is C16H10ClN3O5. The maximum absolute atomic E-state index is 12.5. The zero-order chi connectivity index (χ0) is 18.1. The molecule has 0 aromatic heterocycles. The Morgan fingerprint density at radius 2 is 1.84 bits per heavy atom. The van der Waals surface area contributed by atoms with Crippen molar-refractivity contribution in [3.63, 3.8) is 0 Å². The highest BCUT2D eigenvalue weighted by Gasteiger charge is 2.35. The fourth-order valence-electron chi connectivity index (χ4n) is 2.34. The highest BCUT2D eigenvalue weighted by molar-refractivity contribution is 6.31. The van der Waals surface area contributed by atoms with Crippen LogP contribution >= 0.6 is 11.6 Å². The van der Waals surface area contributed by atoms with Crippen LogP contribution in [0.15, 0.2) is 48.2 Å². The van der Waals surface area contributed by atoms with Gasteiger partial charge in [0, 0.05) is 11.1 Å². The Morgan fingerprint density at radius 3 is 2.48 bits per heavy atom. The summed E-state index contributed by atoms with van der Waals surface area (Å²) in [7, 11) is 0. The Kier molecular flexibility index (Phi) is 4.12. The van der Waals surface area contributed by atoms with Gasteiger partial charge in [0.25, 0.3) is 11.6 Å². The third-order valence-corrected chi connectivity index (χ3v) is 3.72. The van der Waals surface area contributed by atoms with Crippen LogP contribution < -0.4 is 10.2 Å². The van der Waals surface area contributed by atoms with E-state index < -0.39 is 16.9 Å². The number of carbonyl (C=O) groups is 2. The second-order valence-electron chi connectivity index (χ2n) is 5.11. The minimum atomic E-state index is -0.693. The normalized spacial score (nSPS) is 15.6. The van der Waals surface area contributed by atoms with Gasteiger partial charge in [-0.3, -0.25) is 14.9 Å². The summed E-state index contributed by atoms with van der Waals surface area (Å²) < 4.78 is 0. The number of nitrogens with zero attached hydrogens (tertiary/aromatic N) is 2. The molecule has 1 fully saturated rings. The van der Waals surface area contributed by atoms with Crippen LogP contribution in [0, 0.1) is 10.1 Å². The highest BCUT2D eigenvalue weighted by atomic mass is 35.5. The average Bonchev–Trinajstić information content (AvgIpc) is 2.82. The van der Waals surface area contributed by atoms with Crippen LogP contribution in [0.5, 0.6) is 5.75 Å². The van der Waals surface area contributed by atoms with Crippen molar-refractivity contribution >= 4 is 41.0 Å². The van der Waals surface area contributed by atoms with Crippen molar-refractivity contribution in [2.24, 2.45) is 0 Å². The molecule has 1 saturated heterocycles. The van der Waals surface area contributed by atoms with Gasteiger partial charge in [-0.1, -0.05) is 11.6 Å². The monoisotopic (exact) mass is 359 g/mol. The number of phenols is 1. The van der Waals surface area contributed by atoms with Gasteiger partial charge in [-0.05, 0) is 42.5 Å². The second-order valence-corrected chi connectivity index (χ2v) is 5.54. The van der Waals surface area contributed by atoms with Gasteiger partial charge in [-0.15, -0.1) is 0 Å². The largest absolute Gasteiger partial charge is 0.508 e. The van der Waals surface area contributed by atoms with E-state index in [-0.39, 0.29) is 22.7 Å². The Balaban J connectivity index is 2.00. The van der Waals surface area contributed by atoms with E-state index in [4.69, 9.17) is 11.6 Å². The van der Waals surface area contributed by atoms with E-state index in [0.29, 0.717) is 10.7 Å². The summed E-state index contributed by atoms with van der Waals surface area (Å²) in [6, 6.07) is 8.77. The molecule has 0 radical (unpaired) electrons. The van der Waals surface area contributed by atoms with Crippen LogP contribution in [-0.4, -0.2) is 22.0 Å². The first-order valence-corrected chi connectivity index (χ1v) is 7.35. The predicted molar refractivity (Wildman–Crippen MR) is 90.2 cm³/mol. The summed E-state index contributed by atoms with van der Waals surface area (Å²) in [5.41, 5.74) is -0.154. The van der Waals surface area contributed by atoms with Gasteiger partial charge in [0.15, 0.2) is 0 Å². The average molecular weight is 360 g/mol. The van der Waals surface area contributed by atoms with E-state index in [9.17, 15) is 24.8 Å². The lowest BCUT2D eigenvalue weighted by molar-refractivity contribution is -0.385. The number of rotatable bonds is 3. The summed E-state index contributed by atoms with van der Waals surface area (Å²) in [5, 5.41) is 23.4. The van der Waals surface area contributed by atoms with Crippen LogP contribution in [0.1, 0.15) is 5.56 Å². The molecule has 8 nitrogen and oxygen atoms in total. The fraction of sp³-hybridized carbons (Fsp3) is 0. The van der Waals surface area contributed by atoms with Crippen molar-refractivity contribution in [3.8, 4) is 5.75 Å². The number of nitro groups is 1. The number of anilines is 1. The van der Waals surface area contributed by atoms with Gasteiger partial charge in [-0.2, -0.15) is 0 Å². The number of benzene rings is 2. The third-order valence-electron chi connectivity index (χ3n) is 3.47. The smallest absolute Gasteiger partial charge is 0.333 e. The molecule has 0 aliphatic carbocycles. The molecule has 0 bridgehead atoms.